The van der Waals surface area contributed by atoms with Crippen LogP contribution >= 0.6 is 0 Å². The van der Waals surface area contributed by atoms with Gasteiger partial charge in [-0.3, -0.25) is 4.90 Å². The summed E-state index contributed by atoms with van der Waals surface area (Å²) in [5.74, 6) is 8.87. The molecule has 0 unspecified atom stereocenters. The third-order valence-corrected chi connectivity index (χ3v) is 9.48. The number of rotatable bonds is 3. The standard InChI is InChI=1S/C22H35N/c1-2-23(21-17-5-13-3-14(7-17)8-18(21)6-13)22-19-9-15-4-16(11-19)12-20(22)10-15/h13-22H,2-12H2,1H3. The van der Waals surface area contributed by atoms with Crippen LogP contribution < -0.4 is 0 Å². The Morgan fingerprint density at radius 3 is 1.09 bits per heavy atom. The fourth-order valence-electron chi connectivity index (χ4n) is 9.50. The largest absolute Gasteiger partial charge is 0.297 e. The van der Waals surface area contributed by atoms with Crippen molar-refractivity contribution >= 4 is 0 Å². The molecule has 1 nitrogen and oxygen atoms in total. The Balaban J connectivity index is 1.30. The highest BCUT2D eigenvalue weighted by Crippen LogP contribution is 2.59. The Hall–Kier alpha value is -0.0400. The zero-order chi connectivity index (χ0) is 15.1. The second-order valence-electron chi connectivity index (χ2n) is 10.7. The van der Waals surface area contributed by atoms with Crippen molar-refractivity contribution in [3.8, 4) is 0 Å². The molecule has 23 heavy (non-hydrogen) atoms. The van der Waals surface area contributed by atoms with Crippen LogP contribution in [0.5, 0.6) is 0 Å². The fourth-order valence-corrected chi connectivity index (χ4v) is 9.50. The Morgan fingerprint density at radius 1 is 0.522 bits per heavy atom. The minimum Gasteiger partial charge on any atom is -0.297 e. The van der Waals surface area contributed by atoms with Crippen molar-refractivity contribution < 1.29 is 0 Å². The van der Waals surface area contributed by atoms with E-state index in [1.54, 1.807) is 64.2 Å². The van der Waals surface area contributed by atoms with E-state index < -0.39 is 0 Å². The molecule has 0 heterocycles. The molecule has 0 radical (unpaired) electrons. The molecule has 8 aliphatic carbocycles. The maximum atomic E-state index is 3.14. The van der Waals surface area contributed by atoms with Gasteiger partial charge in [0, 0.05) is 12.1 Å². The van der Waals surface area contributed by atoms with Gasteiger partial charge in [-0.2, -0.15) is 0 Å². The lowest BCUT2D eigenvalue weighted by atomic mass is 9.51. The van der Waals surface area contributed by atoms with E-state index in [0.717, 1.165) is 59.4 Å². The first-order valence-electron chi connectivity index (χ1n) is 11.0. The van der Waals surface area contributed by atoms with Gasteiger partial charge in [0.05, 0.1) is 0 Å². The van der Waals surface area contributed by atoms with Crippen LogP contribution in [0.3, 0.4) is 0 Å². The van der Waals surface area contributed by atoms with E-state index >= 15 is 0 Å². The third kappa shape index (κ3) is 2.01. The van der Waals surface area contributed by atoms with Crippen molar-refractivity contribution in [2.45, 2.75) is 83.2 Å². The van der Waals surface area contributed by atoms with Crippen LogP contribution in [-0.4, -0.2) is 23.5 Å². The van der Waals surface area contributed by atoms with Gasteiger partial charge in [0.15, 0.2) is 0 Å². The maximum absolute atomic E-state index is 3.14. The van der Waals surface area contributed by atoms with Gasteiger partial charge >= 0.3 is 0 Å². The molecule has 0 aromatic heterocycles. The van der Waals surface area contributed by atoms with Gasteiger partial charge in [-0.15, -0.1) is 0 Å². The van der Waals surface area contributed by atoms with Gasteiger partial charge in [0.2, 0.25) is 0 Å². The van der Waals surface area contributed by atoms with E-state index in [4.69, 9.17) is 0 Å². The van der Waals surface area contributed by atoms with Crippen molar-refractivity contribution in [2.24, 2.45) is 47.3 Å². The summed E-state index contributed by atoms with van der Waals surface area (Å²) in [5, 5.41) is 0. The first-order chi connectivity index (χ1) is 11.3. The lowest BCUT2D eigenvalue weighted by Crippen LogP contribution is -2.64. The van der Waals surface area contributed by atoms with E-state index in [1.807, 2.05) is 0 Å². The molecular weight excluding hydrogens is 278 g/mol. The van der Waals surface area contributed by atoms with Crippen LogP contribution in [0.15, 0.2) is 0 Å². The predicted octanol–water partition coefficient (Wildman–Crippen LogP) is 4.96. The van der Waals surface area contributed by atoms with Gasteiger partial charge < -0.3 is 0 Å². The van der Waals surface area contributed by atoms with Gasteiger partial charge in [0.1, 0.15) is 0 Å². The van der Waals surface area contributed by atoms with E-state index in [0.29, 0.717) is 0 Å². The fraction of sp³-hybridized carbons (Fsp3) is 1.00. The molecule has 8 rings (SSSR count). The molecule has 8 saturated carbocycles. The Bertz CT molecular complexity index is 384. The van der Waals surface area contributed by atoms with E-state index in [2.05, 4.69) is 11.8 Å². The minimum atomic E-state index is 0.996. The summed E-state index contributed by atoms with van der Waals surface area (Å²) in [7, 11) is 0. The zero-order valence-corrected chi connectivity index (χ0v) is 15.0. The molecule has 8 bridgehead atoms. The molecule has 0 N–H and O–H groups in total. The number of hydrogen-bond donors (Lipinski definition) is 0. The Labute approximate surface area is 142 Å². The molecule has 0 aromatic rings. The van der Waals surface area contributed by atoms with Gasteiger partial charge in [0.25, 0.3) is 0 Å². The van der Waals surface area contributed by atoms with Crippen LogP contribution in [0.25, 0.3) is 0 Å². The third-order valence-electron chi connectivity index (χ3n) is 9.48. The molecule has 0 atom stereocenters. The van der Waals surface area contributed by atoms with Crippen LogP contribution in [0.1, 0.15) is 71.1 Å². The summed E-state index contributed by atoms with van der Waals surface area (Å²) in [6.45, 7) is 3.84. The molecule has 8 fully saturated rings. The van der Waals surface area contributed by atoms with E-state index in [9.17, 15) is 0 Å². The van der Waals surface area contributed by atoms with Gasteiger partial charge in [-0.1, -0.05) is 6.92 Å². The minimum absolute atomic E-state index is 0.996. The summed E-state index contributed by atoms with van der Waals surface area (Å²) in [5.41, 5.74) is 0. The Morgan fingerprint density at radius 2 is 0.826 bits per heavy atom. The zero-order valence-electron chi connectivity index (χ0n) is 15.0. The topological polar surface area (TPSA) is 3.24 Å². The van der Waals surface area contributed by atoms with Crippen LogP contribution in [0.2, 0.25) is 0 Å². The highest BCUT2D eigenvalue weighted by molar-refractivity contribution is 5.07. The second kappa shape index (κ2) is 4.99. The van der Waals surface area contributed by atoms with Gasteiger partial charge in [-0.25, -0.2) is 0 Å². The highest BCUT2D eigenvalue weighted by Gasteiger charge is 2.55. The second-order valence-corrected chi connectivity index (χ2v) is 10.7. The molecule has 0 saturated heterocycles. The number of hydrogen-bond acceptors (Lipinski definition) is 1. The SMILES string of the molecule is CCN(C1C2CC3CC(C2)CC1C3)C1C2CC3CC(C2)CC1C3. The molecule has 0 amide bonds. The monoisotopic (exact) mass is 313 g/mol. The maximum Gasteiger partial charge on any atom is 0.0155 e. The van der Waals surface area contributed by atoms with Crippen molar-refractivity contribution in [3.05, 3.63) is 0 Å². The van der Waals surface area contributed by atoms with Crippen LogP contribution in [0.4, 0.5) is 0 Å². The molecule has 128 valence electrons. The average molecular weight is 314 g/mol. The van der Waals surface area contributed by atoms with Crippen LogP contribution in [-0.2, 0) is 0 Å². The smallest absolute Gasteiger partial charge is 0.0155 e. The average Bonchev–Trinajstić information content (AvgIpc) is 2.50. The molecule has 0 aromatic carbocycles. The van der Waals surface area contributed by atoms with Crippen molar-refractivity contribution in [3.63, 3.8) is 0 Å². The first kappa shape index (κ1) is 14.2. The Kier molecular flexibility index (Phi) is 3.07. The summed E-state index contributed by atoms with van der Waals surface area (Å²) < 4.78 is 0. The quantitative estimate of drug-likeness (QED) is 0.712. The summed E-state index contributed by atoms with van der Waals surface area (Å²) in [6, 6.07) is 1.99. The summed E-state index contributed by atoms with van der Waals surface area (Å²) in [4.78, 5) is 3.14. The lowest BCUT2D eigenvalue weighted by Gasteiger charge is -2.63. The molecule has 1 heteroatoms. The van der Waals surface area contributed by atoms with Crippen molar-refractivity contribution in [2.75, 3.05) is 6.54 Å². The van der Waals surface area contributed by atoms with Gasteiger partial charge in [-0.05, 0) is 118 Å². The van der Waals surface area contributed by atoms with E-state index in [-0.39, 0.29) is 0 Å². The van der Waals surface area contributed by atoms with Crippen LogP contribution in [0, 0.1) is 47.3 Å². The highest BCUT2D eigenvalue weighted by atomic mass is 15.2. The molecule has 0 spiro atoms. The molecule has 8 aliphatic rings. The van der Waals surface area contributed by atoms with Crippen molar-refractivity contribution in [1.29, 1.82) is 0 Å². The first-order valence-corrected chi connectivity index (χ1v) is 11.0. The number of nitrogens with zero attached hydrogens (tertiary/aromatic N) is 1. The summed E-state index contributed by atoms with van der Waals surface area (Å²) in [6.07, 6.45) is 16.0. The summed E-state index contributed by atoms with van der Waals surface area (Å²) >= 11 is 0. The lowest BCUT2D eigenvalue weighted by molar-refractivity contribution is -0.131. The van der Waals surface area contributed by atoms with Crippen molar-refractivity contribution in [1.82, 2.24) is 4.90 Å². The molecular formula is C22H35N. The van der Waals surface area contributed by atoms with E-state index in [1.165, 1.54) is 6.54 Å². The molecule has 0 aliphatic heterocycles. The normalized spacial score (nSPS) is 59.2. The predicted molar refractivity (Wildman–Crippen MR) is 94.0 cm³/mol.